The van der Waals surface area contributed by atoms with E-state index in [1.807, 2.05) is 0 Å². The lowest BCUT2D eigenvalue weighted by Crippen LogP contribution is -2.12. The Morgan fingerprint density at radius 3 is 1.42 bits per heavy atom. The van der Waals surface area contributed by atoms with Crippen LogP contribution in [0, 0.1) is 0 Å². The maximum absolute atomic E-state index is 6.21. The fourth-order valence-corrected chi connectivity index (χ4v) is 8.49. The van der Waals surface area contributed by atoms with E-state index in [0.29, 0.717) is 21.8 Å². The monoisotopic (exact) mass is 396 g/mol. The molecule has 0 saturated carbocycles. The SMILES string of the molecule is CCCOc1cc(C[S+]2CCCC2)c(OCCC)cc1C[S+]1CCCC1. The number of hydrogen-bond acceptors (Lipinski definition) is 2. The molecule has 1 aromatic carbocycles. The van der Waals surface area contributed by atoms with Gasteiger partial charge in [-0.05, 0) is 72.4 Å². The molecule has 2 aliphatic heterocycles. The van der Waals surface area contributed by atoms with Gasteiger partial charge in [0, 0.05) is 11.1 Å². The van der Waals surface area contributed by atoms with Gasteiger partial charge in [-0.25, -0.2) is 0 Å². The zero-order chi connectivity index (χ0) is 18.2. The second kappa shape index (κ2) is 10.8. The summed E-state index contributed by atoms with van der Waals surface area (Å²) >= 11 is 0. The van der Waals surface area contributed by atoms with Crippen LogP contribution in [-0.4, -0.2) is 36.2 Å². The van der Waals surface area contributed by atoms with Crippen LogP contribution < -0.4 is 9.47 Å². The Kier molecular flexibility index (Phi) is 8.38. The van der Waals surface area contributed by atoms with Crippen LogP contribution in [0.5, 0.6) is 11.5 Å². The third kappa shape index (κ3) is 5.76. The number of hydrogen-bond donors (Lipinski definition) is 0. The summed E-state index contributed by atoms with van der Waals surface area (Å²) in [5.41, 5.74) is 2.79. The first-order valence-electron chi connectivity index (χ1n) is 10.5. The molecule has 4 heteroatoms. The van der Waals surface area contributed by atoms with Gasteiger partial charge in [0.05, 0.1) is 13.2 Å². The second-order valence-electron chi connectivity index (χ2n) is 7.51. The molecule has 3 rings (SSSR count). The number of ether oxygens (including phenoxy) is 2. The van der Waals surface area contributed by atoms with Gasteiger partial charge in [0.15, 0.2) is 0 Å². The molecular formula is C22H36O2S2+2. The molecule has 0 radical (unpaired) electrons. The number of benzene rings is 1. The molecule has 26 heavy (non-hydrogen) atoms. The van der Waals surface area contributed by atoms with E-state index in [4.69, 9.17) is 9.47 Å². The summed E-state index contributed by atoms with van der Waals surface area (Å²) in [5.74, 6) is 10.3. The van der Waals surface area contributed by atoms with E-state index in [-0.39, 0.29) is 0 Å². The van der Waals surface area contributed by atoms with Gasteiger partial charge in [0.2, 0.25) is 0 Å². The van der Waals surface area contributed by atoms with Gasteiger partial charge in [-0.15, -0.1) is 0 Å². The van der Waals surface area contributed by atoms with Crippen LogP contribution in [0.2, 0.25) is 0 Å². The van der Waals surface area contributed by atoms with Crippen molar-refractivity contribution in [2.75, 3.05) is 36.2 Å². The summed E-state index contributed by atoms with van der Waals surface area (Å²) in [6.45, 7) is 6.03. The Morgan fingerprint density at radius 1 is 0.692 bits per heavy atom. The predicted octanol–water partition coefficient (Wildman–Crippen LogP) is 5.09. The molecule has 2 saturated heterocycles. The Bertz CT molecular complexity index is 500. The van der Waals surface area contributed by atoms with E-state index >= 15 is 0 Å². The van der Waals surface area contributed by atoms with Crippen molar-refractivity contribution in [3.63, 3.8) is 0 Å². The smallest absolute Gasteiger partial charge is 0.136 e. The fourth-order valence-electron chi connectivity index (χ4n) is 3.72. The highest BCUT2D eigenvalue weighted by molar-refractivity contribution is 7.96. The molecule has 0 N–H and O–H groups in total. The molecule has 0 unspecified atom stereocenters. The highest BCUT2D eigenvalue weighted by Crippen LogP contribution is 2.34. The highest BCUT2D eigenvalue weighted by Gasteiger charge is 2.29. The van der Waals surface area contributed by atoms with E-state index in [2.05, 4.69) is 26.0 Å². The minimum Gasteiger partial charge on any atom is -0.493 e. The van der Waals surface area contributed by atoms with Crippen molar-refractivity contribution in [1.29, 1.82) is 0 Å². The highest BCUT2D eigenvalue weighted by atomic mass is 32.2. The summed E-state index contributed by atoms with van der Waals surface area (Å²) in [4.78, 5) is 0. The summed E-state index contributed by atoms with van der Waals surface area (Å²) in [6, 6.07) is 4.70. The van der Waals surface area contributed by atoms with Crippen LogP contribution in [-0.2, 0) is 33.3 Å². The van der Waals surface area contributed by atoms with Gasteiger partial charge in [-0.2, -0.15) is 0 Å². The lowest BCUT2D eigenvalue weighted by molar-refractivity contribution is 0.305. The maximum atomic E-state index is 6.21. The third-order valence-electron chi connectivity index (χ3n) is 5.12. The Labute approximate surface area is 166 Å². The zero-order valence-electron chi connectivity index (χ0n) is 16.7. The Morgan fingerprint density at radius 2 is 1.08 bits per heavy atom. The van der Waals surface area contributed by atoms with Crippen molar-refractivity contribution in [3.05, 3.63) is 23.3 Å². The third-order valence-corrected chi connectivity index (χ3v) is 10.0. The molecule has 0 aromatic heterocycles. The molecule has 0 bridgehead atoms. The largest absolute Gasteiger partial charge is 0.493 e. The van der Waals surface area contributed by atoms with Crippen LogP contribution in [0.1, 0.15) is 63.5 Å². The van der Waals surface area contributed by atoms with Crippen LogP contribution >= 0.6 is 0 Å². The van der Waals surface area contributed by atoms with Crippen molar-refractivity contribution >= 4 is 21.8 Å². The Balaban J connectivity index is 1.84. The lowest BCUT2D eigenvalue weighted by atomic mass is 10.1. The van der Waals surface area contributed by atoms with Crippen molar-refractivity contribution in [1.82, 2.24) is 0 Å². The lowest BCUT2D eigenvalue weighted by Gasteiger charge is -2.17. The molecule has 1 aromatic rings. The molecule has 0 amide bonds. The minimum atomic E-state index is 0.548. The molecule has 0 aliphatic carbocycles. The molecule has 2 nitrogen and oxygen atoms in total. The first kappa shape index (κ1) is 20.3. The summed E-state index contributed by atoms with van der Waals surface area (Å²) in [5, 5.41) is 0. The average Bonchev–Trinajstić information content (AvgIpc) is 3.34. The van der Waals surface area contributed by atoms with Gasteiger partial charge in [-0.3, -0.25) is 0 Å². The number of rotatable bonds is 10. The van der Waals surface area contributed by atoms with Crippen molar-refractivity contribution < 1.29 is 9.47 Å². The van der Waals surface area contributed by atoms with Crippen molar-refractivity contribution in [2.45, 2.75) is 63.9 Å². The molecule has 2 fully saturated rings. The molecule has 0 spiro atoms. The zero-order valence-corrected chi connectivity index (χ0v) is 18.3. The van der Waals surface area contributed by atoms with Gasteiger partial charge >= 0.3 is 0 Å². The molecule has 2 aliphatic rings. The van der Waals surface area contributed by atoms with E-state index in [0.717, 1.165) is 37.6 Å². The second-order valence-corrected chi connectivity index (χ2v) is 12.2. The van der Waals surface area contributed by atoms with Crippen molar-refractivity contribution in [2.24, 2.45) is 0 Å². The van der Waals surface area contributed by atoms with E-state index in [9.17, 15) is 0 Å². The standard InChI is InChI=1S/C22H36O2S2/c1-3-9-23-21-15-20(18-26-13-7-8-14-26)22(24-10-4-2)16-19(21)17-25-11-5-6-12-25/h15-16H,3-14,17-18H2,1-2H3/q+2. The topological polar surface area (TPSA) is 18.5 Å². The summed E-state index contributed by atoms with van der Waals surface area (Å²) < 4.78 is 12.4. The van der Waals surface area contributed by atoms with Gasteiger partial charge in [-0.1, -0.05) is 13.8 Å². The summed E-state index contributed by atoms with van der Waals surface area (Å²) in [7, 11) is 1.10. The van der Waals surface area contributed by atoms with Crippen LogP contribution in [0.3, 0.4) is 0 Å². The predicted molar refractivity (Wildman–Crippen MR) is 118 cm³/mol. The molecule has 2 heterocycles. The fraction of sp³-hybridized carbons (Fsp3) is 0.727. The average molecular weight is 397 g/mol. The van der Waals surface area contributed by atoms with Gasteiger partial charge in [0.1, 0.15) is 46.0 Å². The van der Waals surface area contributed by atoms with Crippen molar-refractivity contribution in [3.8, 4) is 11.5 Å². The Hall–Kier alpha value is -0.480. The first-order valence-corrected chi connectivity index (χ1v) is 14.0. The molecule has 0 atom stereocenters. The minimum absolute atomic E-state index is 0.548. The van der Waals surface area contributed by atoms with Crippen LogP contribution in [0.4, 0.5) is 0 Å². The van der Waals surface area contributed by atoms with E-state index in [1.54, 1.807) is 0 Å². The van der Waals surface area contributed by atoms with E-state index in [1.165, 1.54) is 71.3 Å². The molecular weight excluding hydrogens is 360 g/mol. The van der Waals surface area contributed by atoms with Gasteiger partial charge in [0.25, 0.3) is 0 Å². The first-order chi connectivity index (χ1) is 12.8. The maximum Gasteiger partial charge on any atom is 0.136 e. The quantitative estimate of drug-likeness (QED) is 0.513. The van der Waals surface area contributed by atoms with Crippen LogP contribution in [0.15, 0.2) is 12.1 Å². The normalized spacial score (nSPS) is 18.5. The molecule has 146 valence electrons. The summed E-state index contributed by atoms with van der Waals surface area (Å²) in [6.07, 6.45) is 7.78. The van der Waals surface area contributed by atoms with Gasteiger partial charge < -0.3 is 9.47 Å². The van der Waals surface area contributed by atoms with Crippen LogP contribution in [0.25, 0.3) is 0 Å². The van der Waals surface area contributed by atoms with E-state index < -0.39 is 0 Å².